The summed E-state index contributed by atoms with van der Waals surface area (Å²) in [5.41, 5.74) is 4.61. The van der Waals surface area contributed by atoms with Gasteiger partial charge in [0.1, 0.15) is 5.75 Å². The first-order valence-electron chi connectivity index (χ1n) is 11.1. The Hall–Kier alpha value is -3.03. The molecule has 0 heterocycles. The minimum atomic E-state index is -0.737. The third-order valence-electron chi connectivity index (χ3n) is 5.19. The van der Waals surface area contributed by atoms with E-state index in [1.165, 1.54) is 12.5 Å². The Morgan fingerprint density at radius 2 is 1.67 bits per heavy atom. The van der Waals surface area contributed by atoms with Crippen LogP contribution in [0.25, 0.3) is 0 Å². The van der Waals surface area contributed by atoms with Crippen molar-refractivity contribution in [3.8, 4) is 5.75 Å². The Morgan fingerprint density at radius 1 is 0.939 bits per heavy atom. The van der Waals surface area contributed by atoms with Crippen LogP contribution in [-0.2, 0) is 35.8 Å². The Balaban J connectivity index is 1.43. The van der Waals surface area contributed by atoms with Crippen LogP contribution >= 0.6 is 0 Å². The molecule has 0 aromatic heterocycles. The number of hydrogen-bond acceptors (Lipinski definition) is 6. The quantitative estimate of drug-likeness (QED) is 0.222. The second-order valence-electron chi connectivity index (χ2n) is 7.89. The highest BCUT2D eigenvalue weighted by molar-refractivity contribution is 5.69. The zero-order valence-electron chi connectivity index (χ0n) is 18.9. The zero-order valence-corrected chi connectivity index (χ0v) is 18.9. The van der Waals surface area contributed by atoms with E-state index in [1.54, 1.807) is 18.2 Å². The van der Waals surface area contributed by atoms with E-state index in [0.717, 1.165) is 17.5 Å². The molecule has 0 saturated heterocycles. The van der Waals surface area contributed by atoms with E-state index in [4.69, 9.17) is 9.47 Å². The molecule has 3 N–H and O–H groups in total. The van der Waals surface area contributed by atoms with Gasteiger partial charge in [0.2, 0.25) is 0 Å². The molecule has 0 amide bonds. The fourth-order valence-electron chi connectivity index (χ4n) is 3.51. The van der Waals surface area contributed by atoms with Crippen LogP contribution < -0.4 is 10.1 Å². The smallest absolute Gasteiger partial charge is 0.308 e. The van der Waals surface area contributed by atoms with Crippen molar-refractivity contribution in [3.63, 3.8) is 0 Å². The molecule has 1 atom stereocenters. The molecule has 0 fully saturated rings. The van der Waals surface area contributed by atoms with Crippen molar-refractivity contribution in [1.82, 2.24) is 5.32 Å². The van der Waals surface area contributed by atoms with Gasteiger partial charge in [0.05, 0.1) is 25.9 Å². The number of aliphatic hydroxyl groups is 2. The number of ether oxygens (including phenoxy) is 2. The Bertz CT molecular complexity index is 1020. The van der Waals surface area contributed by atoms with Crippen molar-refractivity contribution in [2.45, 2.75) is 39.3 Å². The van der Waals surface area contributed by atoms with Gasteiger partial charge in [-0.2, -0.15) is 0 Å². The number of aliphatic hydroxyl groups excluding tert-OH is 2. The third-order valence-corrected chi connectivity index (χ3v) is 5.19. The van der Waals surface area contributed by atoms with Crippen molar-refractivity contribution in [2.24, 2.45) is 0 Å². The monoisotopic (exact) mass is 449 g/mol. The van der Waals surface area contributed by atoms with E-state index in [9.17, 15) is 15.0 Å². The summed E-state index contributed by atoms with van der Waals surface area (Å²) in [7, 11) is 0. The first-order valence-corrected chi connectivity index (χ1v) is 11.1. The van der Waals surface area contributed by atoms with Gasteiger partial charge >= 0.3 is 5.97 Å². The minimum absolute atomic E-state index is 0.276. The Labute approximate surface area is 194 Å². The molecular formula is C27H31NO5. The highest BCUT2D eigenvalue weighted by Gasteiger charge is 2.12. The van der Waals surface area contributed by atoms with Crippen molar-refractivity contribution in [2.75, 3.05) is 13.1 Å². The van der Waals surface area contributed by atoms with Gasteiger partial charge in [-0.25, -0.2) is 0 Å². The Kier molecular flexibility index (Phi) is 9.59. The summed E-state index contributed by atoms with van der Waals surface area (Å²) in [4.78, 5) is 11.2. The average Bonchev–Trinajstić information content (AvgIpc) is 2.82. The van der Waals surface area contributed by atoms with Gasteiger partial charge in [-0.3, -0.25) is 4.79 Å². The number of hydrogen-bond donors (Lipinski definition) is 3. The molecule has 0 spiro atoms. The van der Waals surface area contributed by atoms with Crippen LogP contribution in [0.3, 0.4) is 0 Å². The van der Waals surface area contributed by atoms with Gasteiger partial charge in [0.15, 0.2) is 0 Å². The van der Waals surface area contributed by atoms with Crippen molar-refractivity contribution < 1.29 is 24.5 Å². The molecule has 0 bridgehead atoms. The SMILES string of the molecule is CC(=O)Oc1ccc([C@@H](O)CNCCc2cccc(COCc3ccccc3)c2)cc1CO. The highest BCUT2D eigenvalue weighted by Crippen LogP contribution is 2.24. The maximum Gasteiger partial charge on any atom is 0.308 e. The van der Waals surface area contributed by atoms with Gasteiger partial charge in [0, 0.05) is 19.0 Å². The summed E-state index contributed by atoms with van der Waals surface area (Å²) in [6, 6.07) is 23.4. The van der Waals surface area contributed by atoms with Gasteiger partial charge in [-0.05, 0) is 47.4 Å². The van der Waals surface area contributed by atoms with Gasteiger partial charge in [0.25, 0.3) is 0 Å². The minimum Gasteiger partial charge on any atom is -0.426 e. The summed E-state index contributed by atoms with van der Waals surface area (Å²) in [6.45, 7) is 3.26. The molecule has 6 heteroatoms. The maximum absolute atomic E-state index is 11.2. The lowest BCUT2D eigenvalue weighted by Crippen LogP contribution is -2.24. The number of benzene rings is 3. The first kappa shape index (κ1) is 24.6. The van der Waals surface area contributed by atoms with E-state index in [2.05, 4.69) is 35.6 Å². The largest absolute Gasteiger partial charge is 0.426 e. The number of carbonyl (C=O) groups is 1. The zero-order chi connectivity index (χ0) is 23.5. The van der Waals surface area contributed by atoms with E-state index in [-0.39, 0.29) is 6.61 Å². The summed E-state index contributed by atoms with van der Waals surface area (Å²) in [6.07, 6.45) is 0.0892. The van der Waals surface area contributed by atoms with Crippen LogP contribution in [0.1, 0.15) is 40.8 Å². The molecule has 0 unspecified atom stereocenters. The second-order valence-corrected chi connectivity index (χ2v) is 7.89. The lowest BCUT2D eigenvalue weighted by atomic mass is 10.0. The molecule has 0 aliphatic rings. The average molecular weight is 450 g/mol. The van der Waals surface area contributed by atoms with Crippen LogP contribution in [0, 0.1) is 0 Å². The predicted octanol–water partition coefficient (Wildman–Crippen LogP) is 3.69. The molecular weight excluding hydrogens is 418 g/mol. The number of carbonyl (C=O) groups excluding carboxylic acids is 1. The molecule has 3 aromatic carbocycles. The lowest BCUT2D eigenvalue weighted by Gasteiger charge is -2.15. The fourth-order valence-corrected chi connectivity index (χ4v) is 3.51. The molecule has 0 saturated carbocycles. The van der Waals surface area contributed by atoms with Crippen molar-refractivity contribution in [3.05, 3.63) is 101 Å². The van der Waals surface area contributed by atoms with Crippen LogP contribution in [0.5, 0.6) is 5.75 Å². The Morgan fingerprint density at radius 3 is 2.42 bits per heavy atom. The van der Waals surface area contributed by atoms with Crippen molar-refractivity contribution in [1.29, 1.82) is 0 Å². The van der Waals surface area contributed by atoms with E-state index >= 15 is 0 Å². The number of esters is 1. The normalized spacial score (nSPS) is 11.8. The molecule has 6 nitrogen and oxygen atoms in total. The fraction of sp³-hybridized carbons (Fsp3) is 0.296. The van der Waals surface area contributed by atoms with Crippen LogP contribution in [-0.4, -0.2) is 29.3 Å². The van der Waals surface area contributed by atoms with Crippen molar-refractivity contribution >= 4 is 5.97 Å². The maximum atomic E-state index is 11.2. The van der Waals surface area contributed by atoms with Crippen LogP contribution in [0.4, 0.5) is 0 Å². The highest BCUT2D eigenvalue weighted by atomic mass is 16.5. The lowest BCUT2D eigenvalue weighted by molar-refractivity contribution is -0.131. The summed E-state index contributed by atoms with van der Waals surface area (Å²) < 4.78 is 10.9. The summed E-state index contributed by atoms with van der Waals surface area (Å²) >= 11 is 0. The molecule has 174 valence electrons. The number of rotatable bonds is 12. The summed E-state index contributed by atoms with van der Waals surface area (Å²) in [5.74, 6) is -0.145. The molecule has 0 radical (unpaired) electrons. The molecule has 33 heavy (non-hydrogen) atoms. The summed E-state index contributed by atoms with van der Waals surface area (Å²) in [5, 5.41) is 23.3. The molecule has 3 rings (SSSR count). The second kappa shape index (κ2) is 12.9. The number of nitrogens with one attached hydrogen (secondary N) is 1. The van der Waals surface area contributed by atoms with E-state index in [0.29, 0.717) is 43.2 Å². The van der Waals surface area contributed by atoms with Gasteiger partial charge in [-0.1, -0.05) is 60.7 Å². The predicted molar refractivity (Wildman–Crippen MR) is 127 cm³/mol. The van der Waals surface area contributed by atoms with Gasteiger partial charge < -0.3 is 25.0 Å². The molecule has 3 aromatic rings. The van der Waals surface area contributed by atoms with Crippen LogP contribution in [0.2, 0.25) is 0 Å². The standard InChI is InChI=1S/C27H31NO5/c1-20(30)33-27-11-10-24(15-25(27)17-29)26(31)16-28-13-12-21-8-5-9-23(14-21)19-32-18-22-6-3-2-4-7-22/h2-11,14-15,26,28-29,31H,12-13,16-19H2,1H3/t26-/m0/s1. The van der Waals surface area contributed by atoms with Gasteiger partial charge in [-0.15, -0.1) is 0 Å². The van der Waals surface area contributed by atoms with Crippen LogP contribution in [0.15, 0.2) is 72.8 Å². The third kappa shape index (κ3) is 8.11. The topological polar surface area (TPSA) is 88.0 Å². The molecule has 0 aliphatic heterocycles. The van der Waals surface area contributed by atoms with E-state index in [1.807, 2.05) is 24.3 Å². The first-order chi connectivity index (χ1) is 16.0. The van der Waals surface area contributed by atoms with E-state index < -0.39 is 12.1 Å². The molecule has 0 aliphatic carbocycles.